The molecule has 0 aromatic heterocycles. The summed E-state index contributed by atoms with van der Waals surface area (Å²) in [7, 11) is 1.64. The smallest absolute Gasteiger partial charge is 0.233 e. The van der Waals surface area contributed by atoms with Crippen molar-refractivity contribution < 1.29 is 9.53 Å². The Morgan fingerprint density at radius 2 is 2.07 bits per heavy atom. The van der Waals surface area contributed by atoms with Gasteiger partial charge < -0.3 is 15.8 Å². The van der Waals surface area contributed by atoms with Crippen LogP contribution in [0.4, 0.5) is 0 Å². The number of methoxy groups -OCH3 is 1. The van der Waals surface area contributed by atoms with Crippen molar-refractivity contribution in [1.82, 2.24) is 5.32 Å². The molecule has 0 bridgehead atoms. The van der Waals surface area contributed by atoms with Gasteiger partial charge in [-0.25, -0.2) is 0 Å². The third-order valence-corrected chi connectivity index (χ3v) is 2.08. The molecule has 0 spiro atoms. The van der Waals surface area contributed by atoms with E-state index in [9.17, 15) is 4.79 Å². The number of hydrogen-bond donors (Lipinski definition) is 2. The highest BCUT2D eigenvalue weighted by Gasteiger charge is 1.97. The number of nitrogens with two attached hydrogens (primary N) is 1. The number of carbonyl (C=O) groups excluding carboxylic acids is 1. The van der Waals surface area contributed by atoms with Crippen molar-refractivity contribution in [2.75, 3.05) is 20.2 Å². The third kappa shape index (κ3) is 3.99. The maximum absolute atomic E-state index is 10.8. The number of benzene rings is 1. The van der Waals surface area contributed by atoms with E-state index in [1.165, 1.54) is 0 Å². The highest BCUT2D eigenvalue weighted by atomic mass is 16.5. The van der Waals surface area contributed by atoms with Crippen LogP contribution in [-0.2, 0) is 11.2 Å². The molecule has 82 valence electrons. The largest absolute Gasteiger partial charge is 0.497 e. The fourth-order valence-electron chi connectivity index (χ4n) is 1.21. The lowest BCUT2D eigenvalue weighted by molar-refractivity contribution is -0.119. The molecule has 1 aromatic carbocycles. The Bertz CT molecular complexity index is 309. The average molecular weight is 208 g/mol. The van der Waals surface area contributed by atoms with Crippen LogP contribution in [-0.4, -0.2) is 26.1 Å². The lowest BCUT2D eigenvalue weighted by atomic mass is 10.1. The van der Waals surface area contributed by atoms with Gasteiger partial charge in [-0.05, 0) is 24.1 Å². The maximum atomic E-state index is 10.8. The number of rotatable bonds is 5. The fourth-order valence-corrected chi connectivity index (χ4v) is 1.21. The van der Waals surface area contributed by atoms with Gasteiger partial charge in [-0.15, -0.1) is 0 Å². The molecule has 1 aromatic rings. The van der Waals surface area contributed by atoms with Gasteiger partial charge in [-0.2, -0.15) is 0 Å². The Morgan fingerprint density at radius 1 is 1.40 bits per heavy atom. The van der Waals surface area contributed by atoms with E-state index < -0.39 is 0 Å². The SMILES string of the molecule is COc1ccc(CCNC(=O)CN)cc1. The van der Waals surface area contributed by atoms with Crippen LogP contribution in [0.15, 0.2) is 24.3 Å². The first-order valence-corrected chi connectivity index (χ1v) is 4.86. The normalized spacial score (nSPS) is 9.73. The molecule has 0 saturated carbocycles. The Hall–Kier alpha value is -1.55. The Labute approximate surface area is 89.4 Å². The van der Waals surface area contributed by atoms with Crippen molar-refractivity contribution in [1.29, 1.82) is 0 Å². The Kier molecular flexibility index (Phi) is 4.63. The molecular formula is C11H16N2O2. The molecule has 1 amide bonds. The van der Waals surface area contributed by atoms with Gasteiger partial charge in [-0.3, -0.25) is 4.79 Å². The van der Waals surface area contributed by atoms with E-state index in [2.05, 4.69) is 5.32 Å². The molecule has 4 heteroatoms. The minimum absolute atomic E-state index is 0.0443. The molecule has 4 nitrogen and oxygen atoms in total. The van der Waals surface area contributed by atoms with Gasteiger partial charge >= 0.3 is 0 Å². The Morgan fingerprint density at radius 3 is 2.60 bits per heavy atom. The summed E-state index contributed by atoms with van der Waals surface area (Å²) in [5.74, 6) is 0.716. The molecule has 0 fully saturated rings. The van der Waals surface area contributed by atoms with Gasteiger partial charge in [0.2, 0.25) is 5.91 Å². The second kappa shape index (κ2) is 6.03. The maximum Gasteiger partial charge on any atom is 0.233 e. The lowest BCUT2D eigenvalue weighted by Crippen LogP contribution is -2.31. The molecule has 15 heavy (non-hydrogen) atoms. The van der Waals surface area contributed by atoms with Crippen molar-refractivity contribution in [3.63, 3.8) is 0 Å². The molecule has 0 aliphatic carbocycles. The molecule has 0 aliphatic rings. The number of ether oxygens (including phenoxy) is 1. The number of carbonyl (C=O) groups is 1. The van der Waals surface area contributed by atoms with Crippen LogP contribution in [0.2, 0.25) is 0 Å². The first-order valence-electron chi connectivity index (χ1n) is 4.86. The molecule has 0 atom stereocenters. The number of nitrogens with one attached hydrogen (secondary N) is 1. The molecule has 3 N–H and O–H groups in total. The lowest BCUT2D eigenvalue weighted by Gasteiger charge is -2.04. The summed E-state index contributed by atoms with van der Waals surface area (Å²) in [6, 6.07) is 7.76. The minimum Gasteiger partial charge on any atom is -0.497 e. The van der Waals surface area contributed by atoms with Gasteiger partial charge in [0, 0.05) is 6.54 Å². The first kappa shape index (κ1) is 11.5. The van der Waals surface area contributed by atoms with E-state index >= 15 is 0 Å². The predicted molar refractivity (Wildman–Crippen MR) is 58.8 cm³/mol. The Balaban J connectivity index is 2.34. The van der Waals surface area contributed by atoms with Crippen LogP contribution in [0.3, 0.4) is 0 Å². The third-order valence-electron chi connectivity index (χ3n) is 2.08. The summed E-state index contributed by atoms with van der Waals surface area (Å²) in [4.78, 5) is 10.8. The van der Waals surface area contributed by atoms with E-state index in [1.54, 1.807) is 7.11 Å². The molecule has 1 rings (SSSR count). The summed E-state index contributed by atoms with van der Waals surface area (Å²) in [5.41, 5.74) is 6.32. The first-order chi connectivity index (χ1) is 7.26. The fraction of sp³-hybridized carbons (Fsp3) is 0.364. The van der Waals surface area contributed by atoms with Crippen molar-refractivity contribution in [2.24, 2.45) is 5.73 Å². The molecule has 0 unspecified atom stereocenters. The summed E-state index contributed by atoms with van der Waals surface area (Å²) >= 11 is 0. The molecule has 0 radical (unpaired) electrons. The summed E-state index contributed by atoms with van der Waals surface area (Å²) < 4.78 is 5.04. The van der Waals surface area contributed by atoms with Crippen LogP contribution < -0.4 is 15.8 Å². The molecular weight excluding hydrogens is 192 g/mol. The van der Waals surface area contributed by atoms with Gasteiger partial charge in [0.25, 0.3) is 0 Å². The molecule has 0 saturated heterocycles. The number of hydrogen-bond acceptors (Lipinski definition) is 3. The van der Waals surface area contributed by atoms with Crippen molar-refractivity contribution in [3.05, 3.63) is 29.8 Å². The van der Waals surface area contributed by atoms with Crippen molar-refractivity contribution in [3.8, 4) is 5.75 Å². The van der Waals surface area contributed by atoms with E-state index in [1.807, 2.05) is 24.3 Å². The van der Waals surface area contributed by atoms with E-state index in [-0.39, 0.29) is 12.5 Å². The highest BCUT2D eigenvalue weighted by Crippen LogP contribution is 2.11. The van der Waals surface area contributed by atoms with Crippen molar-refractivity contribution in [2.45, 2.75) is 6.42 Å². The second-order valence-corrected chi connectivity index (χ2v) is 3.15. The monoisotopic (exact) mass is 208 g/mol. The zero-order valence-electron chi connectivity index (χ0n) is 8.82. The predicted octanol–water partition coefficient (Wildman–Crippen LogP) is 0.313. The summed E-state index contributed by atoms with van der Waals surface area (Å²) in [5, 5.41) is 2.71. The quantitative estimate of drug-likeness (QED) is 0.732. The van der Waals surface area contributed by atoms with Crippen LogP contribution in [0.1, 0.15) is 5.56 Å². The summed E-state index contributed by atoms with van der Waals surface area (Å²) in [6.45, 7) is 0.658. The van der Waals surface area contributed by atoms with Gasteiger partial charge in [-0.1, -0.05) is 12.1 Å². The average Bonchev–Trinajstić information content (AvgIpc) is 2.29. The minimum atomic E-state index is -0.122. The van der Waals surface area contributed by atoms with Gasteiger partial charge in [0.05, 0.1) is 13.7 Å². The van der Waals surface area contributed by atoms with Crippen LogP contribution in [0.25, 0.3) is 0 Å². The van der Waals surface area contributed by atoms with Crippen LogP contribution >= 0.6 is 0 Å². The van der Waals surface area contributed by atoms with Gasteiger partial charge in [0.15, 0.2) is 0 Å². The number of amides is 1. The summed E-state index contributed by atoms with van der Waals surface area (Å²) in [6.07, 6.45) is 0.801. The van der Waals surface area contributed by atoms with E-state index in [0.717, 1.165) is 17.7 Å². The van der Waals surface area contributed by atoms with Gasteiger partial charge in [0.1, 0.15) is 5.75 Å². The molecule has 0 aliphatic heterocycles. The van der Waals surface area contributed by atoms with Crippen LogP contribution in [0, 0.1) is 0 Å². The standard InChI is InChI=1S/C11H16N2O2/c1-15-10-4-2-9(3-5-10)6-7-13-11(14)8-12/h2-5H,6-8,12H2,1H3,(H,13,14). The van der Waals surface area contributed by atoms with E-state index in [0.29, 0.717) is 6.54 Å². The topological polar surface area (TPSA) is 64.3 Å². The van der Waals surface area contributed by atoms with E-state index in [4.69, 9.17) is 10.5 Å². The van der Waals surface area contributed by atoms with Crippen molar-refractivity contribution >= 4 is 5.91 Å². The zero-order chi connectivity index (χ0) is 11.1. The molecule has 0 heterocycles. The highest BCUT2D eigenvalue weighted by molar-refractivity contribution is 5.77. The van der Waals surface area contributed by atoms with Crippen LogP contribution in [0.5, 0.6) is 5.75 Å². The second-order valence-electron chi connectivity index (χ2n) is 3.15. The zero-order valence-corrected chi connectivity index (χ0v) is 8.82.